The summed E-state index contributed by atoms with van der Waals surface area (Å²) in [5.74, 6) is 0.613. The van der Waals surface area contributed by atoms with E-state index in [0.717, 1.165) is 0 Å². The highest BCUT2D eigenvalue weighted by molar-refractivity contribution is 6.30. The maximum Gasteiger partial charge on any atom is 0.253 e. The Labute approximate surface area is 179 Å². The average molecular weight is 425 g/mol. The van der Waals surface area contributed by atoms with E-state index in [-0.39, 0.29) is 11.8 Å². The molecule has 154 valence electrons. The third-order valence-corrected chi connectivity index (χ3v) is 4.71. The quantitative estimate of drug-likeness (QED) is 0.557. The molecule has 0 radical (unpaired) electrons. The van der Waals surface area contributed by atoms with Crippen molar-refractivity contribution in [3.05, 3.63) is 94.5 Å². The fourth-order valence-electron chi connectivity index (χ4n) is 2.77. The van der Waals surface area contributed by atoms with Crippen molar-refractivity contribution in [3.63, 3.8) is 0 Å². The second-order valence-electron chi connectivity index (χ2n) is 6.39. The first kappa shape index (κ1) is 21.2. The molecule has 0 atom stereocenters. The van der Waals surface area contributed by atoms with E-state index in [1.807, 2.05) is 0 Å². The Balaban J connectivity index is 1.81. The number of halogens is 1. The first-order valence-electron chi connectivity index (χ1n) is 9.15. The van der Waals surface area contributed by atoms with Gasteiger partial charge in [-0.2, -0.15) is 0 Å². The molecular formula is C23H21ClN2O4. The van der Waals surface area contributed by atoms with E-state index < -0.39 is 6.17 Å². The average Bonchev–Trinajstić information content (AvgIpc) is 2.79. The first-order valence-corrected chi connectivity index (χ1v) is 9.53. The molecule has 0 heterocycles. The van der Waals surface area contributed by atoms with Gasteiger partial charge in [-0.3, -0.25) is 9.59 Å². The number of ether oxygens (including phenoxy) is 2. The van der Waals surface area contributed by atoms with Gasteiger partial charge in [0.25, 0.3) is 11.8 Å². The predicted octanol–water partition coefficient (Wildman–Crippen LogP) is 4.22. The standard InChI is InChI=1S/C23H21ClN2O4/c1-29-19-11-5-16(6-12-19)22(27)25-21(15-3-9-18(24)10-4-15)26-23(28)17-7-13-20(30-2)14-8-17/h3-14,21H,1-2H3,(H,25,27)(H,26,28). The summed E-state index contributed by atoms with van der Waals surface area (Å²) in [7, 11) is 3.11. The molecule has 3 rings (SSSR count). The molecule has 0 bridgehead atoms. The predicted molar refractivity (Wildman–Crippen MR) is 115 cm³/mol. The van der Waals surface area contributed by atoms with Crippen LogP contribution in [0.5, 0.6) is 11.5 Å². The molecule has 3 aromatic rings. The lowest BCUT2D eigenvalue weighted by molar-refractivity contribution is 0.0883. The van der Waals surface area contributed by atoms with Crippen LogP contribution in [0.2, 0.25) is 5.02 Å². The number of hydrogen-bond donors (Lipinski definition) is 2. The minimum atomic E-state index is -0.758. The molecule has 0 spiro atoms. The highest BCUT2D eigenvalue weighted by atomic mass is 35.5. The minimum Gasteiger partial charge on any atom is -0.497 e. The molecule has 30 heavy (non-hydrogen) atoms. The smallest absolute Gasteiger partial charge is 0.253 e. The van der Waals surface area contributed by atoms with Crippen molar-refractivity contribution >= 4 is 23.4 Å². The highest BCUT2D eigenvalue weighted by Crippen LogP contribution is 2.18. The molecule has 0 unspecified atom stereocenters. The number of rotatable bonds is 7. The van der Waals surface area contributed by atoms with Gasteiger partial charge < -0.3 is 20.1 Å². The molecule has 0 aromatic heterocycles. The van der Waals surface area contributed by atoms with Gasteiger partial charge in [-0.05, 0) is 66.2 Å². The van der Waals surface area contributed by atoms with Crippen LogP contribution in [-0.2, 0) is 0 Å². The number of carbonyl (C=O) groups is 2. The van der Waals surface area contributed by atoms with Gasteiger partial charge in [0.1, 0.15) is 17.7 Å². The lowest BCUT2D eigenvalue weighted by Crippen LogP contribution is -2.41. The summed E-state index contributed by atoms with van der Waals surface area (Å²) in [5.41, 5.74) is 1.56. The largest absolute Gasteiger partial charge is 0.497 e. The Morgan fingerprint density at radius 2 is 1.10 bits per heavy atom. The maximum atomic E-state index is 12.8. The molecule has 0 aliphatic rings. The topological polar surface area (TPSA) is 76.7 Å². The van der Waals surface area contributed by atoms with E-state index in [0.29, 0.717) is 33.2 Å². The first-order chi connectivity index (χ1) is 14.5. The van der Waals surface area contributed by atoms with Crippen molar-refractivity contribution in [2.24, 2.45) is 0 Å². The summed E-state index contributed by atoms with van der Waals surface area (Å²) in [6.07, 6.45) is -0.758. The zero-order chi connectivity index (χ0) is 21.5. The van der Waals surface area contributed by atoms with E-state index >= 15 is 0 Å². The normalized spacial score (nSPS) is 10.4. The van der Waals surface area contributed by atoms with Crippen LogP contribution in [0.3, 0.4) is 0 Å². The van der Waals surface area contributed by atoms with Gasteiger partial charge in [-0.15, -0.1) is 0 Å². The lowest BCUT2D eigenvalue weighted by Gasteiger charge is -2.21. The molecule has 3 aromatic carbocycles. The van der Waals surface area contributed by atoms with E-state index in [1.165, 1.54) is 0 Å². The third kappa shape index (κ3) is 5.30. The van der Waals surface area contributed by atoms with Crippen molar-refractivity contribution in [3.8, 4) is 11.5 Å². The second kappa shape index (κ2) is 9.80. The molecule has 2 amide bonds. The number of carbonyl (C=O) groups excluding carboxylic acids is 2. The Bertz CT molecular complexity index is 941. The van der Waals surface area contributed by atoms with Crippen molar-refractivity contribution in [2.75, 3.05) is 14.2 Å². The third-order valence-electron chi connectivity index (χ3n) is 4.46. The highest BCUT2D eigenvalue weighted by Gasteiger charge is 2.19. The molecule has 0 aliphatic carbocycles. The van der Waals surface area contributed by atoms with Crippen molar-refractivity contribution in [2.45, 2.75) is 6.17 Å². The number of benzene rings is 3. The molecular weight excluding hydrogens is 404 g/mol. The zero-order valence-electron chi connectivity index (χ0n) is 16.5. The Morgan fingerprint density at radius 3 is 1.47 bits per heavy atom. The Kier molecular flexibility index (Phi) is 6.93. The van der Waals surface area contributed by atoms with Gasteiger partial charge in [0, 0.05) is 16.1 Å². The van der Waals surface area contributed by atoms with Gasteiger partial charge >= 0.3 is 0 Å². The van der Waals surface area contributed by atoms with Crippen molar-refractivity contribution in [1.29, 1.82) is 0 Å². The van der Waals surface area contributed by atoms with Crippen LogP contribution in [0.25, 0.3) is 0 Å². The second-order valence-corrected chi connectivity index (χ2v) is 6.82. The van der Waals surface area contributed by atoms with Crippen LogP contribution in [0, 0.1) is 0 Å². The fourth-order valence-corrected chi connectivity index (χ4v) is 2.90. The Morgan fingerprint density at radius 1 is 0.700 bits per heavy atom. The summed E-state index contributed by atoms with van der Waals surface area (Å²) in [6, 6.07) is 20.3. The SMILES string of the molecule is COc1ccc(C(=O)NC(NC(=O)c2ccc(OC)cc2)c2ccc(Cl)cc2)cc1. The van der Waals surface area contributed by atoms with Gasteiger partial charge in [-0.1, -0.05) is 23.7 Å². The van der Waals surface area contributed by atoms with Crippen LogP contribution in [-0.4, -0.2) is 26.0 Å². The number of amides is 2. The van der Waals surface area contributed by atoms with Crippen LogP contribution in [0.1, 0.15) is 32.4 Å². The molecule has 0 saturated carbocycles. The van der Waals surface area contributed by atoms with Crippen LogP contribution in [0.15, 0.2) is 72.8 Å². The van der Waals surface area contributed by atoms with Crippen molar-refractivity contribution in [1.82, 2.24) is 10.6 Å². The Hall–Kier alpha value is -3.51. The maximum absolute atomic E-state index is 12.8. The summed E-state index contributed by atoms with van der Waals surface area (Å²) in [4.78, 5) is 25.5. The van der Waals surface area contributed by atoms with Crippen LogP contribution in [0.4, 0.5) is 0 Å². The number of nitrogens with one attached hydrogen (secondary N) is 2. The van der Waals surface area contributed by atoms with E-state index in [2.05, 4.69) is 10.6 Å². The lowest BCUT2D eigenvalue weighted by atomic mass is 10.1. The minimum absolute atomic E-state index is 0.340. The summed E-state index contributed by atoms with van der Waals surface area (Å²) < 4.78 is 10.2. The molecule has 6 nitrogen and oxygen atoms in total. The van der Waals surface area contributed by atoms with Gasteiger partial charge in [0.15, 0.2) is 0 Å². The molecule has 0 fully saturated rings. The number of methoxy groups -OCH3 is 2. The molecule has 7 heteroatoms. The number of hydrogen-bond acceptors (Lipinski definition) is 4. The fraction of sp³-hybridized carbons (Fsp3) is 0.130. The molecule has 2 N–H and O–H groups in total. The van der Waals surface area contributed by atoms with Crippen molar-refractivity contribution < 1.29 is 19.1 Å². The van der Waals surface area contributed by atoms with Gasteiger partial charge in [0.2, 0.25) is 0 Å². The van der Waals surface area contributed by atoms with Gasteiger partial charge in [-0.25, -0.2) is 0 Å². The summed E-state index contributed by atoms with van der Waals surface area (Å²) >= 11 is 5.98. The zero-order valence-corrected chi connectivity index (χ0v) is 17.3. The van der Waals surface area contributed by atoms with E-state index in [1.54, 1.807) is 87.0 Å². The van der Waals surface area contributed by atoms with Gasteiger partial charge in [0.05, 0.1) is 14.2 Å². The van der Waals surface area contributed by atoms with Crippen LogP contribution < -0.4 is 20.1 Å². The monoisotopic (exact) mass is 424 g/mol. The van der Waals surface area contributed by atoms with Crippen LogP contribution >= 0.6 is 11.6 Å². The van der Waals surface area contributed by atoms with E-state index in [4.69, 9.17) is 21.1 Å². The van der Waals surface area contributed by atoms with E-state index in [9.17, 15) is 9.59 Å². The summed E-state index contributed by atoms with van der Waals surface area (Å²) in [6.45, 7) is 0. The molecule has 0 saturated heterocycles. The molecule has 0 aliphatic heterocycles. The summed E-state index contributed by atoms with van der Waals surface area (Å²) in [5, 5.41) is 6.26.